The molecule has 0 bridgehead atoms. The number of aryl methyl sites for hydroxylation is 1. The standard InChI is InChI=1S/C20H19FN2O/c1-2-18-17(13-15-5-3-4-6-19(15)23-18)20(24)22-12-11-14-7-9-16(21)10-8-14/h3-10,13H,2,11-12H2,1H3,(H,22,24). The van der Waals surface area contributed by atoms with Crippen LogP contribution in [0, 0.1) is 5.82 Å². The maximum atomic E-state index is 12.9. The Kier molecular flexibility index (Phi) is 4.85. The molecular weight excluding hydrogens is 303 g/mol. The number of nitrogens with zero attached hydrogens (tertiary/aromatic N) is 1. The van der Waals surface area contributed by atoms with Crippen LogP contribution < -0.4 is 5.32 Å². The number of aromatic nitrogens is 1. The van der Waals surface area contributed by atoms with Gasteiger partial charge in [0.15, 0.2) is 0 Å². The number of hydrogen-bond donors (Lipinski definition) is 1. The summed E-state index contributed by atoms with van der Waals surface area (Å²) in [7, 11) is 0. The number of nitrogens with one attached hydrogen (secondary N) is 1. The first-order valence-corrected chi connectivity index (χ1v) is 8.08. The van der Waals surface area contributed by atoms with Crippen molar-refractivity contribution in [2.75, 3.05) is 6.54 Å². The van der Waals surface area contributed by atoms with E-state index in [1.54, 1.807) is 12.1 Å². The van der Waals surface area contributed by atoms with Crippen molar-refractivity contribution < 1.29 is 9.18 Å². The summed E-state index contributed by atoms with van der Waals surface area (Å²) in [5.74, 6) is -0.371. The minimum atomic E-state index is -0.252. The van der Waals surface area contributed by atoms with Crippen molar-refractivity contribution >= 4 is 16.8 Å². The zero-order valence-electron chi connectivity index (χ0n) is 13.6. The van der Waals surface area contributed by atoms with Gasteiger partial charge in [0.1, 0.15) is 5.82 Å². The van der Waals surface area contributed by atoms with E-state index in [0.717, 1.165) is 22.2 Å². The molecule has 4 heteroatoms. The minimum absolute atomic E-state index is 0.118. The number of pyridine rings is 1. The first-order chi connectivity index (χ1) is 11.7. The molecule has 0 saturated heterocycles. The lowest BCUT2D eigenvalue weighted by Gasteiger charge is -2.10. The van der Waals surface area contributed by atoms with E-state index in [9.17, 15) is 9.18 Å². The number of fused-ring (bicyclic) bond motifs is 1. The van der Waals surface area contributed by atoms with Gasteiger partial charge in [0.25, 0.3) is 5.91 Å². The van der Waals surface area contributed by atoms with Crippen molar-refractivity contribution in [1.82, 2.24) is 10.3 Å². The highest BCUT2D eigenvalue weighted by Gasteiger charge is 2.12. The Labute approximate surface area is 140 Å². The van der Waals surface area contributed by atoms with E-state index in [-0.39, 0.29) is 11.7 Å². The van der Waals surface area contributed by atoms with Crippen molar-refractivity contribution in [2.45, 2.75) is 19.8 Å². The Bertz CT molecular complexity index is 859. The number of carbonyl (C=O) groups excluding carboxylic acids is 1. The fraction of sp³-hybridized carbons (Fsp3) is 0.200. The molecule has 0 saturated carbocycles. The molecule has 122 valence electrons. The third-order valence-electron chi connectivity index (χ3n) is 3.99. The Hall–Kier alpha value is -2.75. The summed E-state index contributed by atoms with van der Waals surface area (Å²) < 4.78 is 12.9. The SMILES string of the molecule is CCc1nc2ccccc2cc1C(=O)NCCc1ccc(F)cc1. The first-order valence-electron chi connectivity index (χ1n) is 8.08. The summed E-state index contributed by atoms with van der Waals surface area (Å²) in [6.45, 7) is 2.49. The van der Waals surface area contributed by atoms with Crippen LogP contribution >= 0.6 is 0 Å². The van der Waals surface area contributed by atoms with E-state index in [1.165, 1.54) is 12.1 Å². The monoisotopic (exact) mass is 322 g/mol. The molecule has 0 fully saturated rings. The number of halogens is 1. The van der Waals surface area contributed by atoms with Gasteiger partial charge < -0.3 is 5.32 Å². The third-order valence-corrected chi connectivity index (χ3v) is 3.99. The lowest BCUT2D eigenvalue weighted by Crippen LogP contribution is -2.27. The number of hydrogen-bond acceptors (Lipinski definition) is 2. The molecule has 0 spiro atoms. The van der Waals surface area contributed by atoms with Gasteiger partial charge in [-0.1, -0.05) is 37.3 Å². The molecule has 0 aliphatic heterocycles. The zero-order chi connectivity index (χ0) is 16.9. The molecule has 3 aromatic rings. The molecule has 1 amide bonds. The second-order valence-electron chi connectivity index (χ2n) is 5.66. The van der Waals surface area contributed by atoms with Gasteiger partial charge in [-0.05, 0) is 42.7 Å². The van der Waals surface area contributed by atoms with Gasteiger partial charge in [0.2, 0.25) is 0 Å². The molecular formula is C20H19FN2O. The van der Waals surface area contributed by atoms with Gasteiger partial charge in [0, 0.05) is 11.9 Å². The van der Waals surface area contributed by atoms with Gasteiger partial charge in [-0.3, -0.25) is 9.78 Å². The van der Waals surface area contributed by atoms with Crippen LogP contribution in [0.1, 0.15) is 28.5 Å². The van der Waals surface area contributed by atoms with E-state index >= 15 is 0 Å². The second-order valence-corrected chi connectivity index (χ2v) is 5.66. The molecule has 0 atom stereocenters. The molecule has 2 aromatic carbocycles. The lowest BCUT2D eigenvalue weighted by atomic mass is 10.1. The van der Waals surface area contributed by atoms with Crippen LogP contribution in [0.3, 0.4) is 0 Å². The topological polar surface area (TPSA) is 42.0 Å². The maximum Gasteiger partial charge on any atom is 0.253 e. The van der Waals surface area contributed by atoms with E-state index in [2.05, 4.69) is 10.3 Å². The molecule has 0 radical (unpaired) electrons. The van der Waals surface area contributed by atoms with Crippen LogP contribution in [0.15, 0.2) is 54.6 Å². The number of carbonyl (C=O) groups is 1. The fourth-order valence-corrected chi connectivity index (χ4v) is 2.69. The first kappa shape index (κ1) is 16.1. The highest BCUT2D eigenvalue weighted by Crippen LogP contribution is 2.17. The van der Waals surface area contributed by atoms with Crippen LogP contribution in [0.4, 0.5) is 4.39 Å². The van der Waals surface area contributed by atoms with Crippen molar-refractivity contribution in [3.05, 3.63) is 77.2 Å². The molecule has 24 heavy (non-hydrogen) atoms. The third kappa shape index (κ3) is 3.59. The summed E-state index contributed by atoms with van der Waals surface area (Å²) in [5.41, 5.74) is 3.31. The van der Waals surface area contributed by atoms with Gasteiger partial charge in [-0.2, -0.15) is 0 Å². The maximum absolute atomic E-state index is 12.9. The van der Waals surface area contributed by atoms with Crippen molar-refractivity contribution in [2.24, 2.45) is 0 Å². The van der Waals surface area contributed by atoms with Crippen molar-refractivity contribution in [3.63, 3.8) is 0 Å². The van der Waals surface area contributed by atoms with E-state index in [0.29, 0.717) is 24.9 Å². The molecule has 0 unspecified atom stereocenters. The largest absolute Gasteiger partial charge is 0.352 e. The smallest absolute Gasteiger partial charge is 0.253 e. The van der Waals surface area contributed by atoms with Crippen LogP contribution in [0.5, 0.6) is 0 Å². The van der Waals surface area contributed by atoms with Crippen LogP contribution in [-0.4, -0.2) is 17.4 Å². The normalized spacial score (nSPS) is 10.8. The molecule has 1 aromatic heterocycles. The predicted octanol–water partition coefficient (Wildman–Crippen LogP) is 3.91. The van der Waals surface area contributed by atoms with Gasteiger partial charge in [-0.15, -0.1) is 0 Å². The highest BCUT2D eigenvalue weighted by atomic mass is 19.1. The fourth-order valence-electron chi connectivity index (χ4n) is 2.69. The molecule has 0 aliphatic carbocycles. The average Bonchev–Trinajstić information content (AvgIpc) is 2.62. The summed E-state index contributed by atoms with van der Waals surface area (Å²) in [5, 5.41) is 3.89. The number of benzene rings is 2. The van der Waals surface area contributed by atoms with Crippen molar-refractivity contribution in [1.29, 1.82) is 0 Å². The summed E-state index contributed by atoms with van der Waals surface area (Å²) in [4.78, 5) is 17.1. The molecule has 3 rings (SSSR count). The molecule has 3 nitrogen and oxygen atoms in total. The van der Waals surface area contributed by atoms with Gasteiger partial charge >= 0.3 is 0 Å². The number of para-hydroxylation sites is 1. The molecule has 0 aliphatic rings. The van der Waals surface area contributed by atoms with Crippen LogP contribution in [0.25, 0.3) is 10.9 Å². The van der Waals surface area contributed by atoms with E-state index < -0.39 is 0 Å². The molecule has 1 heterocycles. The van der Waals surface area contributed by atoms with Crippen molar-refractivity contribution in [3.8, 4) is 0 Å². The summed E-state index contributed by atoms with van der Waals surface area (Å²) in [6.07, 6.45) is 1.36. The Balaban J connectivity index is 1.72. The van der Waals surface area contributed by atoms with Gasteiger partial charge in [0.05, 0.1) is 16.8 Å². The van der Waals surface area contributed by atoms with Gasteiger partial charge in [-0.25, -0.2) is 4.39 Å². The van der Waals surface area contributed by atoms with E-state index in [4.69, 9.17) is 0 Å². The number of rotatable bonds is 5. The molecule has 1 N–H and O–H groups in total. The second kappa shape index (κ2) is 7.21. The Morgan fingerprint density at radius 1 is 1.12 bits per heavy atom. The van der Waals surface area contributed by atoms with Crippen LogP contribution in [-0.2, 0) is 12.8 Å². The highest BCUT2D eigenvalue weighted by molar-refractivity contribution is 5.98. The average molecular weight is 322 g/mol. The zero-order valence-corrected chi connectivity index (χ0v) is 13.6. The quantitative estimate of drug-likeness (QED) is 0.774. The minimum Gasteiger partial charge on any atom is -0.352 e. The van der Waals surface area contributed by atoms with E-state index in [1.807, 2.05) is 37.3 Å². The lowest BCUT2D eigenvalue weighted by molar-refractivity contribution is 0.0953. The Morgan fingerprint density at radius 3 is 2.62 bits per heavy atom. The number of amides is 1. The Morgan fingerprint density at radius 2 is 1.88 bits per heavy atom. The van der Waals surface area contributed by atoms with Crippen LogP contribution in [0.2, 0.25) is 0 Å². The summed E-state index contributed by atoms with van der Waals surface area (Å²) >= 11 is 0. The predicted molar refractivity (Wildman–Crippen MR) is 93.6 cm³/mol. The summed E-state index contributed by atoms with van der Waals surface area (Å²) in [6, 6.07) is 16.0.